The van der Waals surface area contributed by atoms with E-state index in [-0.39, 0.29) is 11.5 Å². The third kappa shape index (κ3) is 4.43. The molecule has 8 nitrogen and oxygen atoms in total. The van der Waals surface area contributed by atoms with E-state index in [1.165, 1.54) is 0 Å². The summed E-state index contributed by atoms with van der Waals surface area (Å²) in [6, 6.07) is 3.94. The molecular weight excluding hydrogens is 368 g/mol. The fourth-order valence-corrected chi connectivity index (χ4v) is 4.42. The molecule has 8 heteroatoms. The molecule has 2 N–H and O–H groups in total. The van der Waals surface area contributed by atoms with E-state index in [0.717, 1.165) is 43.9 Å². The molecule has 4 rings (SSSR count). The number of aryl methyl sites for hydroxylation is 2. The van der Waals surface area contributed by atoms with Gasteiger partial charge in [0.05, 0.1) is 18.8 Å². The molecule has 1 unspecified atom stereocenters. The second-order valence-electron chi connectivity index (χ2n) is 8.00. The van der Waals surface area contributed by atoms with Gasteiger partial charge in [-0.15, -0.1) is 0 Å². The monoisotopic (exact) mass is 398 g/mol. The number of hydrogen-bond donors (Lipinski definition) is 1. The van der Waals surface area contributed by atoms with Crippen LogP contribution in [0.1, 0.15) is 31.2 Å². The summed E-state index contributed by atoms with van der Waals surface area (Å²) in [4.78, 5) is 25.7. The predicted molar refractivity (Wildman–Crippen MR) is 110 cm³/mol. The van der Waals surface area contributed by atoms with Gasteiger partial charge in [-0.2, -0.15) is 0 Å². The standard InChI is InChI=1S/C21H30N6O2/c1-2-18-23-8-11-26(18)9-5-19(28)27-12-13-29-21(16-27)6-10-25(15-21)14-17-4-3-7-24-20(17)22/h3-4,7-8,11H,2,5-6,9-10,12-16H2,1H3,(H2,22,24). The van der Waals surface area contributed by atoms with Gasteiger partial charge in [0.25, 0.3) is 0 Å². The summed E-state index contributed by atoms with van der Waals surface area (Å²) in [6.45, 7) is 7.20. The van der Waals surface area contributed by atoms with E-state index in [1.807, 2.05) is 23.2 Å². The van der Waals surface area contributed by atoms with Crippen LogP contribution in [0, 0.1) is 0 Å². The Labute approximate surface area is 171 Å². The highest BCUT2D eigenvalue weighted by molar-refractivity contribution is 5.76. The normalized spacial score (nSPS) is 22.4. The van der Waals surface area contributed by atoms with Gasteiger partial charge in [-0.1, -0.05) is 13.0 Å². The van der Waals surface area contributed by atoms with Crippen LogP contribution < -0.4 is 5.73 Å². The highest BCUT2D eigenvalue weighted by Gasteiger charge is 2.43. The fourth-order valence-electron chi connectivity index (χ4n) is 4.42. The minimum Gasteiger partial charge on any atom is -0.383 e. The van der Waals surface area contributed by atoms with E-state index >= 15 is 0 Å². The molecule has 2 aromatic heterocycles. The maximum Gasteiger partial charge on any atom is 0.224 e. The first kappa shape index (κ1) is 19.8. The van der Waals surface area contributed by atoms with Gasteiger partial charge in [-0.3, -0.25) is 9.69 Å². The Hall–Kier alpha value is -2.45. The SMILES string of the molecule is CCc1nccn1CCC(=O)N1CCOC2(CCN(Cc3cccnc3N)C2)C1. The highest BCUT2D eigenvalue weighted by Crippen LogP contribution is 2.31. The number of amides is 1. The summed E-state index contributed by atoms with van der Waals surface area (Å²) in [5.74, 6) is 1.80. The largest absolute Gasteiger partial charge is 0.383 e. The summed E-state index contributed by atoms with van der Waals surface area (Å²) in [6.07, 6.45) is 7.76. The lowest BCUT2D eigenvalue weighted by Crippen LogP contribution is -2.55. The number of nitrogen functional groups attached to an aromatic ring is 1. The first-order valence-electron chi connectivity index (χ1n) is 10.4. The molecular formula is C21H30N6O2. The van der Waals surface area contributed by atoms with Gasteiger partial charge in [-0.05, 0) is 12.5 Å². The molecule has 1 spiro atoms. The predicted octanol–water partition coefficient (Wildman–Crippen LogP) is 1.32. The van der Waals surface area contributed by atoms with Gasteiger partial charge >= 0.3 is 0 Å². The smallest absolute Gasteiger partial charge is 0.224 e. The quantitative estimate of drug-likeness (QED) is 0.789. The molecule has 0 radical (unpaired) electrons. The van der Waals surface area contributed by atoms with Crippen molar-refractivity contribution in [2.24, 2.45) is 0 Å². The summed E-state index contributed by atoms with van der Waals surface area (Å²) >= 11 is 0. The fraction of sp³-hybridized carbons (Fsp3) is 0.571. The van der Waals surface area contributed by atoms with Crippen molar-refractivity contribution < 1.29 is 9.53 Å². The number of anilines is 1. The summed E-state index contributed by atoms with van der Waals surface area (Å²) in [7, 11) is 0. The molecule has 2 saturated heterocycles. The lowest BCUT2D eigenvalue weighted by molar-refractivity contribution is -0.149. The third-order valence-electron chi connectivity index (χ3n) is 6.00. The number of aromatic nitrogens is 3. The Kier molecular flexibility index (Phi) is 5.82. The van der Waals surface area contributed by atoms with E-state index in [9.17, 15) is 4.79 Å². The number of nitrogens with zero attached hydrogens (tertiary/aromatic N) is 5. The van der Waals surface area contributed by atoms with Crippen LogP contribution in [-0.2, 0) is 29.0 Å². The van der Waals surface area contributed by atoms with E-state index in [0.29, 0.717) is 38.5 Å². The van der Waals surface area contributed by atoms with Crippen molar-refractivity contribution in [3.8, 4) is 0 Å². The first-order valence-corrected chi connectivity index (χ1v) is 10.4. The molecule has 2 aromatic rings. The second-order valence-corrected chi connectivity index (χ2v) is 8.00. The van der Waals surface area contributed by atoms with Crippen molar-refractivity contribution in [1.29, 1.82) is 0 Å². The van der Waals surface area contributed by atoms with Gasteiger partial charge < -0.3 is 19.9 Å². The minimum atomic E-state index is -0.269. The molecule has 0 bridgehead atoms. The number of rotatable bonds is 6. The van der Waals surface area contributed by atoms with Crippen LogP contribution in [0.3, 0.4) is 0 Å². The maximum atomic E-state index is 12.8. The molecule has 156 valence electrons. The van der Waals surface area contributed by atoms with Crippen molar-refractivity contribution in [2.75, 3.05) is 38.5 Å². The molecule has 0 aliphatic carbocycles. The zero-order valence-electron chi connectivity index (χ0n) is 17.1. The number of carbonyl (C=O) groups is 1. The van der Waals surface area contributed by atoms with Gasteiger partial charge in [0.2, 0.25) is 5.91 Å². The molecule has 2 fully saturated rings. The molecule has 0 aromatic carbocycles. The number of ether oxygens (including phenoxy) is 1. The number of carbonyl (C=O) groups excluding carboxylic acids is 1. The summed E-state index contributed by atoms with van der Waals surface area (Å²) in [5.41, 5.74) is 6.77. The third-order valence-corrected chi connectivity index (χ3v) is 6.00. The van der Waals surface area contributed by atoms with Crippen LogP contribution in [0.15, 0.2) is 30.7 Å². The Morgan fingerprint density at radius 3 is 3.00 bits per heavy atom. The molecule has 29 heavy (non-hydrogen) atoms. The lowest BCUT2D eigenvalue weighted by Gasteiger charge is -2.40. The summed E-state index contributed by atoms with van der Waals surface area (Å²) < 4.78 is 8.27. The average Bonchev–Trinajstić information content (AvgIpc) is 3.34. The maximum absolute atomic E-state index is 12.8. The van der Waals surface area contributed by atoms with Crippen LogP contribution >= 0.6 is 0 Å². The van der Waals surface area contributed by atoms with Crippen molar-refractivity contribution in [3.63, 3.8) is 0 Å². The Morgan fingerprint density at radius 1 is 1.28 bits per heavy atom. The van der Waals surface area contributed by atoms with Crippen LogP contribution in [0.5, 0.6) is 0 Å². The lowest BCUT2D eigenvalue weighted by atomic mass is 10.0. The van der Waals surface area contributed by atoms with Gasteiger partial charge in [0, 0.05) is 69.7 Å². The van der Waals surface area contributed by atoms with Crippen molar-refractivity contribution in [3.05, 3.63) is 42.1 Å². The number of likely N-dealkylation sites (tertiary alicyclic amines) is 1. The highest BCUT2D eigenvalue weighted by atomic mass is 16.5. The number of morpholine rings is 1. The first-order chi connectivity index (χ1) is 14.1. The zero-order valence-corrected chi connectivity index (χ0v) is 17.1. The number of hydrogen-bond acceptors (Lipinski definition) is 6. The van der Waals surface area contributed by atoms with Crippen LogP contribution in [0.4, 0.5) is 5.82 Å². The van der Waals surface area contributed by atoms with Crippen molar-refractivity contribution in [2.45, 2.75) is 44.9 Å². The van der Waals surface area contributed by atoms with Gasteiger partial charge in [-0.25, -0.2) is 9.97 Å². The van der Waals surface area contributed by atoms with Crippen LogP contribution in [0.2, 0.25) is 0 Å². The van der Waals surface area contributed by atoms with Crippen LogP contribution in [0.25, 0.3) is 0 Å². The average molecular weight is 399 g/mol. The molecule has 0 saturated carbocycles. The Morgan fingerprint density at radius 2 is 2.17 bits per heavy atom. The van der Waals surface area contributed by atoms with Gasteiger partial charge in [0.15, 0.2) is 0 Å². The molecule has 1 atom stereocenters. The number of pyridine rings is 1. The number of nitrogens with two attached hydrogens (primary N) is 1. The van der Waals surface area contributed by atoms with Crippen molar-refractivity contribution in [1.82, 2.24) is 24.3 Å². The molecule has 4 heterocycles. The van der Waals surface area contributed by atoms with Crippen LogP contribution in [-0.4, -0.2) is 68.6 Å². The van der Waals surface area contributed by atoms with Gasteiger partial charge in [0.1, 0.15) is 11.6 Å². The van der Waals surface area contributed by atoms with E-state index in [4.69, 9.17) is 10.5 Å². The van der Waals surface area contributed by atoms with E-state index in [2.05, 4.69) is 26.4 Å². The molecule has 1 amide bonds. The van der Waals surface area contributed by atoms with Crippen molar-refractivity contribution >= 4 is 11.7 Å². The summed E-state index contributed by atoms with van der Waals surface area (Å²) in [5, 5.41) is 0. The Balaban J connectivity index is 1.33. The topological polar surface area (TPSA) is 89.5 Å². The van der Waals surface area contributed by atoms with E-state index in [1.54, 1.807) is 12.4 Å². The molecule has 2 aliphatic rings. The number of imidazole rings is 1. The minimum absolute atomic E-state index is 0.193. The Bertz CT molecular complexity index is 853. The molecule has 2 aliphatic heterocycles. The zero-order chi connectivity index (χ0) is 20.3. The van der Waals surface area contributed by atoms with E-state index < -0.39 is 0 Å². The second kappa shape index (κ2) is 8.51.